The number of ether oxygens (including phenoxy) is 1. The fourth-order valence-electron chi connectivity index (χ4n) is 0.528. The van der Waals surface area contributed by atoms with Crippen molar-refractivity contribution in [3.05, 3.63) is 0 Å². The van der Waals surface area contributed by atoms with Crippen LogP contribution >= 0.6 is 0 Å². The minimum absolute atomic E-state index is 0.169. The SMILES string of the molecule is CCC(O)COC(CO)CO. The summed E-state index contributed by atoms with van der Waals surface area (Å²) in [5.41, 5.74) is 0. The molecule has 0 rings (SSSR count). The Morgan fingerprint density at radius 2 is 1.82 bits per heavy atom. The molecule has 0 saturated carbocycles. The van der Waals surface area contributed by atoms with Gasteiger partial charge in [-0.15, -0.1) is 0 Å². The molecule has 11 heavy (non-hydrogen) atoms. The van der Waals surface area contributed by atoms with Gasteiger partial charge in [-0.3, -0.25) is 0 Å². The summed E-state index contributed by atoms with van der Waals surface area (Å²) in [5.74, 6) is 0. The summed E-state index contributed by atoms with van der Waals surface area (Å²) < 4.78 is 4.94. The smallest absolute Gasteiger partial charge is 0.104 e. The van der Waals surface area contributed by atoms with Gasteiger partial charge in [0.2, 0.25) is 0 Å². The lowest BCUT2D eigenvalue weighted by molar-refractivity contribution is -0.0536. The molecule has 0 aromatic heterocycles. The zero-order valence-electron chi connectivity index (χ0n) is 6.73. The average Bonchev–Trinajstić information content (AvgIpc) is 2.06. The van der Waals surface area contributed by atoms with Gasteiger partial charge in [0.15, 0.2) is 0 Å². The Hall–Kier alpha value is -0.160. The number of aliphatic hydroxyl groups is 3. The van der Waals surface area contributed by atoms with Gasteiger partial charge in [0.25, 0.3) is 0 Å². The third-order valence-electron chi connectivity index (χ3n) is 1.40. The van der Waals surface area contributed by atoms with Crippen LogP contribution in [0.3, 0.4) is 0 Å². The normalized spacial score (nSPS) is 13.9. The molecule has 0 bridgehead atoms. The second kappa shape index (κ2) is 6.54. The highest BCUT2D eigenvalue weighted by atomic mass is 16.5. The molecule has 0 aromatic carbocycles. The first-order valence-corrected chi connectivity index (χ1v) is 3.76. The minimum atomic E-state index is -0.559. The molecule has 1 atom stereocenters. The Kier molecular flexibility index (Phi) is 6.45. The van der Waals surface area contributed by atoms with Crippen molar-refractivity contribution < 1.29 is 20.1 Å². The molecule has 0 aliphatic carbocycles. The summed E-state index contributed by atoms with van der Waals surface area (Å²) in [7, 11) is 0. The van der Waals surface area contributed by atoms with E-state index in [1.807, 2.05) is 6.92 Å². The molecule has 3 N–H and O–H groups in total. The Morgan fingerprint density at radius 1 is 1.27 bits per heavy atom. The minimum Gasteiger partial charge on any atom is -0.394 e. The topological polar surface area (TPSA) is 69.9 Å². The van der Waals surface area contributed by atoms with E-state index >= 15 is 0 Å². The van der Waals surface area contributed by atoms with Crippen molar-refractivity contribution in [1.82, 2.24) is 0 Å². The second-order valence-corrected chi connectivity index (χ2v) is 2.38. The van der Waals surface area contributed by atoms with Gasteiger partial charge in [-0.25, -0.2) is 0 Å². The number of aliphatic hydroxyl groups excluding tert-OH is 3. The van der Waals surface area contributed by atoms with E-state index in [1.165, 1.54) is 0 Å². The lowest BCUT2D eigenvalue weighted by atomic mass is 10.3. The van der Waals surface area contributed by atoms with Crippen LogP contribution in [0.25, 0.3) is 0 Å². The quantitative estimate of drug-likeness (QED) is 0.477. The molecule has 68 valence electrons. The van der Waals surface area contributed by atoms with Gasteiger partial charge >= 0.3 is 0 Å². The number of hydrogen-bond donors (Lipinski definition) is 3. The van der Waals surface area contributed by atoms with Gasteiger partial charge in [-0.2, -0.15) is 0 Å². The van der Waals surface area contributed by atoms with Gasteiger partial charge in [0.1, 0.15) is 6.10 Å². The van der Waals surface area contributed by atoms with E-state index in [2.05, 4.69) is 0 Å². The summed E-state index contributed by atoms with van der Waals surface area (Å²) in [4.78, 5) is 0. The molecule has 0 fully saturated rings. The lowest BCUT2D eigenvalue weighted by Gasteiger charge is -2.14. The summed E-state index contributed by atoms with van der Waals surface area (Å²) in [6.07, 6.45) is -0.448. The summed E-state index contributed by atoms with van der Waals surface area (Å²) >= 11 is 0. The summed E-state index contributed by atoms with van der Waals surface area (Å²) in [6, 6.07) is 0. The van der Waals surface area contributed by atoms with E-state index in [1.54, 1.807) is 0 Å². The van der Waals surface area contributed by atoms with Crippen molar-refractivity contribution in [2.75, 3.05) is 19.8 Å². The fourth-order valence-corrected chi connectivity index (χ4v) is 0.528. The van der Waals surface area contributed by atoms with E-state index in [4.69, 9.17) is 20.1 Å². The zero-order chi connectivity index (χ0) is 8.69. The Morgan fingerprint density at radius 3 is 2.18 bits per heavy atom. The molecular formula is C7H16O4. The highest BCUT2D eigenvalue weighted by Crippen LogP contribution is 1.95. The maximum absolute atomic E-state index is 9.01. The molecule has 4 heteroatoms. The molecule has 0 aliphatic heterocycles. The van der Waals surface area contributed by atoms with E-state index in [-0.39, 0.29) is 19.8 Å². The van der Waals surface area contributed by atoms with Crippen LogP contribution in [0, 0.1) is 0 Å². The van der Waals surface area contributed by atoms with Crippen LogP contribution in [0.15, 0.2) is 0 Å². The van der Waals surface area contributed by atoms with Crippen LogP contribution in [-0.2, 0) is 4.74 Å². The molecule has 0 amide bonds. The Bertz CT molecular complexity index is 82.5. The Labute approximate surface area is 66.4 Å². The maximum Gasteiger partial charge on any atom is 0.104 e. The number of rotatable bonds is 6. The van der Waals surface area contributed by atoms with E-state index in [0.717, 1.165) is 0 Å². The van der Waals surface area contributed by atoms with Crippen molar-refractivity contribution in [3.63, 3.8) is 0 Å². The van der Waals surface area contributed by atoms with Crippen molar-refractivity contribution in [2.45, 2.75) is 25.6 Å². The van der Waals surface area contributed by atoms with E-state index < -0.39 is 12.2 Å². The first-order chi connectivity index (χ1) is 5.24. The van der Waals surface area contributed by atoms with Crippen LogP contribution in [0.2, 0.25) is 0 Å². The highest BCUT2D eigenvalue weighted by molar-refractivity contribution is 4.55. The monoisotopic (exact) mass is 164 g/mol. The molecule has 0 radical (unpaired) electrons. The largest absolute Gasteiger partial charge is 0.394 e. The van der Waals surface area contributed by atoms with Gasteiger partial charge in [-0.05, 0) is 6.42 Å². The standard InChI is InChI=1S/C7H16O4/c1-2-6(10)5-11-7(3-8)4-9/h6-10H,2-5H2,1H3. The first kappa shape index (κ1) is 10.8. The van der Waals surface area contributed by atoms with Crippen molar-refractivity contribution in [3.8, 4) is 0 Å². The predicted molar refractivity (Wildman–Crippen MR) is 40.2 cm³/mol. The molecule has 0 heterocycles. The third kappa shape index (κ3) is 5.15. The van der Waals surface area contributed by atoms with Crippen molar-refractivity contribution in [2.24, 2.45) is 0 Å². The molecule has 1 unspecified atom stereocenters. The molecule has 0 aliphatic rings. The van der Waals surface area contributed by atoms with Gasteiger partial charge in [0.05, 0.1) is 25.9 Å². The molecule has 0 aromatic rings. The second-order valence-electron chi connectivity index (χ2n) is 2.38. The summed E-state index contributed by atoms with van der Waals surface area (Å²) in [6.45, 7) is 1.57. The van der Waals surface area contributed by atoms with Crippen LogP contribution in [0.5, 0.6) is 0 Å². The lowest BCUT2D eigenvalue weighted by Crippen LogP contribution is -2.26. The molecule has 0 saturated heterocycles. The van der Waals surface area contributed by atoms with Crippen LogP contribution in [0.4, 0.5) is 0 Å². The molecule has 0 spiro atoms. The first-order valence-electron chi connectivity index (χ1n) is 3.76. The third-order valence-corrected chi connectivity index (χ3v) is 1.40. The van der Waals surface area contributed by atoms with Crippen LogP contribution < -0.4 is 0 Å². The van der Waals surface area contributed by atoms with E-state index in [0.29, 0.717) is 6.42 Å². The van der Waals surface area contributed by atoms with Crippen molar-refractivity contribution >= 4 is 0 Å². The average molecular weight is 164 g/mol. The zero-order valence-corrected chi connectivity index (χ0v) is 6.73. The molecule has 4 nitrogen and oxygen atoms in total. The van der Waals surface area contributed by atoms with Gasteiger partial charge in [-0.1, -0.05) is 6.92 Å². The molecular weight excluding hydrogens is 148 g/mol. The van der Waals surface area contributed by atoms with Crippen LogP contribution in [-0.4, -0.2) is 47.3 Å². The van der Waals surface area contributed by atoms with Gasteiger partial charge in [0, 0.05) is 0 Å². The Balaban J connectivity index is 3.34. The van der Waals surface area contributed by atoms with Crippen molar-refractivity contribution in [1.29, 1.82) is 0 Å². The maximum atomic E-state index is 9.01. The fraction of sp³-hybridized carbons (Fsp3) is 1.00. The summed E-state index contributed by atoms with van der Waals surface area (Å²) in [5, 5.41) is 26.1. The number of hydrogen-bond acceptors (Lipinski definition) is 4. The highest BCUT2D eigenvalue weighted by Gasteiger charge is 2.08. The predicted octanol–water partition coefficient (Wildman–Crippen LogP) is -0.873. The van der Waals surface area contributed by atoms with E-state index in [9.17, 15) is 0 Å². The van der Waals surface area contributed by atoms with Crippen LogP contribution in [0.1, 0.15) is 13.3 Å². The van der Waals surface area contributed by atoms with Gasteiger partial charge < -0.3 is 20.1 Å².